The van der Waals surface area contributed by atoms with Gasteiger partial charge in [-0.05, 0) is 33.9 Å². The van der Waals surface area contributed by atoms with E-state index in [4.69, 9.17) is 0 Å². The normalized spacial score (nSPS) is 10.8. The third kappa shape index (κ3) is 5.18. The van der Waals surface area contributed by atoms with Crippen LogP contribution >= 0.6 is 0 Å². The number of ether oxygens (including phenoxy) is 1. The zero-order valence-electron chi connectivity index (χ0n) is 13.4. The zero-order chi connectivity index (χ0) is 16.0. The van der Waals surface area contributed by atoms with E-state index in [0.717, 1.165) is 17.1 Å². The molecule has 1 amide bonds. The maximum absolute atomic E-state index is 12.0. The van der Waals surface area contributed by atoms with Gasteiger partial charge in [0.05, 0.1) is 30.7 Å². The molecule has 0 radical (unpaired) electrons. The van der Waals surface area contributed by atoms with Crippen molar-refractivity contribution in [3.63, 3.8) is 0 Å². The largest absolute Gasteiger partial charge is 0.469 e. The molecule has 0 aliphatic rings. The van der Waals surface area contributed by atoms with Crippen LogP contribution in [-0.2, 0) is 21.4 Å². The summed E-state index contributed by atoms with van der Waals surface area (Å²) in [6, 6.07) is 0. The molecule has 0 fully saturated rings. The molecule has 0 atom stereocenters. The molecule has 0 aliphatic carbocycles. The fourth-order valence-corrected chi connectivity index (χ4v) is 2.05. The summed E-state index contributed by atoms with van der Waals surface area (Å²) in [6.07, 6.45) is 1.03. The first-order chi connectivity index (χ1) is 9.85. The van der Waals surface area contributed by atoms with Gasteiger partial charge in [-0.15, -0.1) is 0 Å². The number of aryl methyl sites for hydroxylation is 2. The summed E-state index contributed by atoms with van der Waals surface area (Å²) in [5.41, 5.74) is 2.50. The Morgan fingerprint density at radius 3 is 2.57 bits per heavy atom. The molecule has 1 aromatic rings. The van der Waals surface area contributed by atoms with Gasteiger partial charge in [0.2, 0.25) is 5.91 Å². The first kappa shape index (κ1) is 17.2. The number of rotatable bonds is 7. The van der Waals surface area contributed by atoms with Crippen LogP contribution in [0, 0.1) is 13.8 Å². The molecule has 0 saturated carbocycles. The van der Waals surface area contributed by atoms with E-state index in [1.54, 1.807) is 4.68 Å². The van der Waals surface area contributed by atoms with E-state index >= 15 is 0 Å². The Bertz CT molecular complexity index is 511. The van der Waals surface area contributed by atoms with Gasteiger partial charge in [-0.25, -0.2) is 0 Å². The van der Waals surface area contributed by atoms with Crippen LogP contribution < -0.4 is 5.32 Å². The number of nitrogens with zero attached hydrogens (tertiary/aromatic N) is 3. The molecule has 7 nitrogen and oxygen atoms in total. The SMILES string of the molecule is COC(=O)CCCN(C)CC(=O)Nc1c(C)nn(C)c1C. The molecule has 1 heterocycles. The maximum atomic E-state index is 12.0. The standard InChI is InChI=1S/C14H24N4O3/c1-10-14(11(2)18(4)16-10)15-12(19)9-17(3)8-6-7-13(20)21-5/h6-9H2,1-5H3,(H,15,19). The lowest BCUT2D eigenvalue weighted by molar-refractivity contribution is -0.140. The van der Waals surface area contributed by atoms with Crippen molar-refractivity contribution in [3.8, 4) is 0 Å². The smallest absolute Gasteiger partial charge is 0.305 e. The van der Waals surface area contributed by atoms with Crippen LogP contribution in [-0.4, -0.2) is 53.8 Å². The summed E-state index contributed by atoms with van der Waals surface area (Å²) >= 11 is 0. The average molecular weight is 296 g/mol. The highest BCUT2D eigenvalue weighted by Gasteiger charge is 2.13. The molecule has 1 N–H and O–H groups in total. The fraction of sp³-hybridized carbons (Fsp3) is 0.643. The summed E-state index contributed by atoms with van der Waals surface area (Å²) in [5, 5.41) is 7.14. The van der Waals surface area contributed by atoms with Crippen molar-refractivity contribution in [2.45, 2.75) is 26.7 Å². The number of nitrogens with one attached hydrogen (secondary N) is 1. The number of methoxy groups -OCH3 is 1. The Hall–Kier alpha value is -1.89. The lowest BCUT2D eigenvalue weighted by atomic mass is 10.3. The lowest BCUT2D eigenvalue weighted by Gasteiger charge is -2.16. The maximum Gasteiger partial charge on any atom is 0.305 e. The molecular weight excluding hydrogens is 272 g/mol. The van der Waals surface area contributed by atoms with Gasteiger partial charge in [0, 0.05) is 13.5 Å². The molecule has 0 bridgehead atoms. The highest BCUT2D eigenvalue weighted by molar-refractivity contribution is 5.93. The molecule has 21 heavy (non-hydrogen) atoms. The van der Waals surface area contributed by atoms with Crippen LogP contribution in [0.2, 0.25) is 0 Å². The van der Waals surface area contributed by atoms with Gasteiger partial charge in [0.1, 0.15) is 0 Å². The number of carbonyl (C=O) groups is 2. The first-order valence-electron chi connectivity index (χ1n) is 6.90. The van der Waals surface area contributed by atoms with Crippen molar-refractivity contribution in [1.82, 2.24) is 14.7 Å². The van der Waals surface area contributed by atoms with Crippen LogP contribution in [0.5, 0.6) is 0 Å². The minimum atomic E-state index is -0.227. The Balaban J connectivity index is 2.41. The highest BCUT2D eigenvalue weighted by Crippen LogP contribution is 2.18. The second-order valence-corrected chi connectivity index (χ2v) is 5.14. The predicted octanol–water partition coefficient (Wildman–Crippen LogP) is 0.860. The van der Waals surface area contributed by atoms with Crippen molar-refractivity contribution in [2.24, 2.45) is 7.05 Å². The molecule has 1 rings (SSSR count). The number of likely N-dealkylation sites (N-methyl/N-ethyl adjacent to an activating group) is 1. The number of carbonyl (C=O) groups excluding carboxylic acids is 2. The summed E-state index contributed by atoms with van der Waals surface area (Å²) in [7, 11) is 5.06. The van der Waals surface area contributed by atoms with Crippen molar-refractivity contribution < 1.29 is 14.3 Å². The zero-order valence-corrected chi connectivity index (χ0v) is 13.4. The molecule has 7 heteroatoms. The summed E-state index contributed by atoms with van der Waals surface area (Å²) < 4.78 is 6.32. The van der Waals surface area contributed by atoms with Gasteiger partial charge in [0.25, 0.3) is 0 Å². The first-order valence-corrected chi connectivity index (χ1v) is 6.90. The minimum Gasteiger partial charge on any atom is -0.469 e. The molecule has 0 spiro atoms. The predicted molar refractivity (Wildman–Crippen MR) is 80.1 cm³/mol. The fourth-order valence-electron chi connectivity index (χ4n) is 2.05. The molecule has 0 aromatic carbocycles. The van der Waals surface area contributed by atoms with Gasteiger partial charge in [-0.1, -0.05) is 0 Å². The number of hydrogen-bond donors (Lipinski definition) is 1. The van der Waals surface area contributed by atoms with Gasteiger partial charge in [-0.3, -0.25) is 19.2 Å². The van der Waals surface area contributed by atoms with Crippen molar-refractivity contribution in [1.29, 1.82) is 0 Å². The van der Waals surface area contributed by atoms with Crippen molar-refractivity contribution >= 4 is 17.6 Å². The van der Waals surface area contributed by atoms with Gasteiger partial charge >= 0.3 is 5.97 Å². The van der Waals surface area contributed by atoms with E-state index in [-0.39, 0.29) is 18.4 Å². The summed E-state index contributed by atoms with van der Waals surface area (Å²) in [4.78, 5) is 24.9. The van der Waals surface area contributed by atoms with E-state index in [1.807, 2.05) is 32.8 Å². The van der Waals surface area contributed by atoms with E-state index in [9.17, 15) is 9.59 Å². The molecule has 0 saturated heterocycles. The molecular formula is C14H24N4O3. The van der Waals surface area contributed by atoms with Crippen LogP contribution in [0.4, 0.5) is 5.69 Å². The average Bonchev–Trinajstić information content (AvgIpc) is 2.65. The van der Waals surface area contributed by atoms with E-state index in [2.05, 4.69) is 15.2 Å². The minimum absolute atomic E-state index is 0.0882. The van der Waals surface area contributed by atoms with Gasteiger partial charge < -0.3 is 10.1 Å². The molecule has 1 aromatic heterocycles. The van der Waals surface area contributed by atoms with Crippen LogP contribution in [0.15, 0.2) is 0 Å². The Kier molecular flexibility index (Phi) is 6.36. The molecule has 118 valence electrons. The van der Waals surface area contributed by atoms with Gasteiger partial charge in [-0.2, -0.15) is 5.10 Å². The second kappa shape index (κ2) is 7.78. The van der Waals surface area contributed by atoms with Gasteiger partial charge in [0.15, 0.2) is 0 Å². The van der Waals surface area contributed by atoms with Crippen molar-refractivity contribution in [3.05, 3.63) is 11.4 Å². The summed E-state index contributed by atoms with van der Waals surface area (Å²) in [6.45, 7) is 4.71. The quantitative estimate of drug-likeness (QED) is 0.755. The monoisotopic (exact) mass is 296 g/mol. The van der Waals surface area contributed by atoms with E-state index in [0.29, 0.717) is 19.4 Å². The Morgan fingerprint density at radius 1 is 1.38 bits per heavy atom. The highest BCUT2D eigenvalue weighted by atomic mass is 16.5. The molecule has 0 unspecified atom stereocenters. The molecule has 0 aliphatic heterocycles. The number of aromatic nitrogens is 2. The van der Waals surface area contributed by atoms with E-state index < -0.39 is 0 Å². The third-order valence-electron chi connectivity index (χ3n) is 3.34. The van der Waals surface area contributed by atoms with Crippen LogP contribution in [0.1, 0.15) is 24.2 Å². The number of esters is 1. The van der Waals surface area contributed by atoms with E-state index in [1.165, 1.54) is 7.11 Å². The number of anilines is 1. The second-order valence-electron chi connectivity index (χ2n) is 5.14. The Labute approximate surface area is 125 Å². The lowest BCUT2D eigenvalue weighted by Crippen LogP contribution is -2.31. The number of hydrogen-bond acceptors (Lipinski definition) is 5. The van der Waals surface area contributed by atoms with Crippen LogP contribution in [0.3, 0.4) is 0 Å². The van der Waals surface area contributed by atoms with Crippen molar-refractivity contribution in [2.75, 3.05) is 32.6 Å². The Morgan fingerprint density at radius 2 is 2.05 bits per heavy atom. The topological polar surface area (TPSA) is 76.5 Å². The van der Waals surface area contributed by atoms with Crippen LogP contribution in [0.25, 0.3) is 0 Å². The number of amides is 1. The summed E-state index contributed by atoms with van der Waals surface area (Å²) in [5.74, 6) is -0.316. The third-order valence-corrected chi connectivity index (χ3v) is 3.34.